The monoisotopic (exact) mass is 667 g/mol. The summed E-state index contributed by atoms with van der Waals surface area (Å²) in [6.45, 7) is 14.4. The molecule has 3 amide bonds. The minimum Gasteiger partial charge on any atom is -0.474 e. The number of nitrogens with zero attached hydrogens (tertiary/aromatic N) is 3. The number of hydrogen-bond donors (Lipinski definition) is 2. The second kappa shape index (κ2) is 12.7. The first-order chi connectivity index (χ1) is 22.4. The SMILES string of the molecule is COC1(C)CC(OC(=O)Nc2cc3cc(-c4cnc5c(c4C)N(C(=O)OC(C)(C)C)CCO5)c(F)c(NC(=O)OC(C)(C)C)c3cn2)C1. The number of carbonyl (C=O) groups is 3. The zero-order valence-electron chi connectivity index (χ0n) is 28.7. The van der Waals surface area contributed by atoms with E-state index in [0.29, 0.717) is 35.0 Å². The van der Waals surface area contributed by atoms with E-state index in [2.05, 4.69) is 20.6 Å². The second-order valence-electron chi connectivity index (χ2n) is 14.2. The Morgan fingerprint density at radius 2 is 1.67 bits per heavy atom. The predicted molar refractivity (Wildman–Crippen MR) is 177 cm³/mol. The van der Waals surface area contributed by atoms with Crippen molar-refractivity contribution in [3.05, 3.63) is 35.9 Å². The van der Waals surface area contributed by atoms with Gasteiger partial charge in [0.2, 0.25) is 5.88 Å². The summed E-state index contributed by atoms with van der Waals surface area (Å²) in [6, 6.07) is 3.09. The number of fused-ring (bicyclic) bond motifs is 2. The number of carbonyl (C=O) groups excluding carboxylic acids is 3. The van der Waals surface area contributed by atoms with E-state index in [1.807, 2.05) is 6.92 Å². The van der Waals surface area contributed by atoms with Gasteiger partial charge in [-0.2, -0.15) is 0 Å². The minimum atomic E-state index is -0.876. The highest BCUT2D eigenvalue weighted by atomic mass is 19.1. The number of methoxy groups -OCH3 is 1. The van der Waals surface area contributed by atoms with Gasteiger partial charge in [0.15, 0.2) is 5.82 Å². The van der Waals surface area contributed by atoms with Crippen LogP contribution < -0.4 is 20.3 Å². The van der Waals surface area contributed by atoms with Gasteiger partial charge in [0.1, 0.15) is 35.4 Å². The molecule has 0 unspecified atom stereocenters. The van der Waals surface area contributed by atoms with Crippen LogP contribution in [0.3, 0.4) is 0 Å². The Hall–Kier alpha value is -4.72. The number of ether oxygens (including phenoxy) is 5. The van der Waals surface area contributed by atoms with Gasteiger partial charge in [-0.15, -0.1) is 0 Å². The van der Waals surface area contributed by atoms with Crippen molar-refractivity contribution in [2.45, 2.75) is 91.1 Å². The third-order valence-corrected chi connectivity index (χ3v) is 7.90. The van der Waals surface area contributed by atoms with Gasteiger partial charge in [-0.3, -0.25) is 15.5 Å². The average Bonchev–Trinajstić information content (AvgIpc) is 2.96. The van der Waals surface area contributed by atoms with E-state index in [9.17, 15) is 14.4 Å². The molecule has 2 aromatic heterocycles. The largest absolute Gasteiger partial charge is 0.474 e. The Kier molecular flexibility index (Phi) is 9.17. The van der Waals surface area contributed by atoms with Crippen molar-refractivity contribution < 1.29 is 42.5 Å². The molecule has 13 nitrogen and oxygen atoms in total. The smallest absolute Gasteiger partial charge is 0.415 e. The molecule has 2 N–H and O–H groups in total. The summed E-state index contributed by atoms with van der Waals surface area (Å²) >= 11 is 0. The van der Waals surface area contributed by atoms with Crippen LogP contribution in [0.2, 0.25) is 0 Å². The molecular formula is C34H42FN5O8. The fourth-order valence-electron chi connectivity index (χ4n) is 5.61. The van der Waals surface area contributed by atoms with Crippen LogP contribution in [-0.4, -0.2) is 71.4 Å². The van der Waals surface area contributed by atoms with E-state index in [4.69, 9.17) is 23.7 Å². The number of aromatic nitrogens is 2. The van der Waals surface area contributed by atoms with Crippen LogP contribution in [0.4, 0.5) is 36.0 Å². The molecule has 1 aliphatic heterocycles. The second-order valence-corrected chi connectivity index (χ2v) is 14.2. The lowest BCUT2D eigenvalue weighted by Crippen LogP contribution is -2.48. The third-order valence-electron chi connectivity index (χ3n) is 7.90. The van der Waals surface area contributed by atoms with Gasteiger partial charge in [-0.25, -0.2) is 28.7 Å². The van der Waals surface area contributed by atoms with Gasteiger partial charge in [0, 0.05) is 48.9 Å². The maximum atomic E-state index is 16.6. The van der Waals surface area contributed by atoms with Crippen molar-refractivity contribution in [3.8, 4) is 17.0 Å². The number of hydrogen-bond acceptors (Lipinski definition) is 10. The Morgan fingerprint density at radius 1 is 0.979 bits per heavy atom. The molecular weight excluding hydrogens is 625 g/mol. The fourth-order valence-corrected chi connectivity index (χ4v) is 5.61. The Balaban J connectivity index is 1.56. The Bertz CT molecular complexity index is 1760. The highest BCUT2D eigenvalue weighted by Gasteiger charge is 2.43. The molecule has 1 fully saturated rings. The maximum Gasteiger partial charge on any atom is 0.415 e. The Morgan fingerprint density at radius 3 is 2.31 bits per heavy atom. The van der Waals surface area contributed by atoms with Crippen LogP contribution in [0.25, 0.3) is 21.9 Å². The quantitative estimate of drug-likeness (QED) is 0.265. The first kappa shape index (κ1) is 34.6. The maximum absolute atomic E-state index is 16.6. The van der Waals surface area contributed by atoms with Crippen LogP contribution in [0.15, 0.2) is 24.5 Å². The number of amides is 3. The molecule has 1 saturated carbocycles. The van der Waals surface area contributed by atoms with E-state index in [1.54, 1.807) is 61.6 Å². The lowest BCUT2D eigenvalue weighted by atomic mass is 9.79. The number of halogens is 1. The van der Waals surface area contributed by atoms with Crippen molar-refractivity contribution in [1.29, 1.82) is 0 Å². The van der Waals surface area contributed by atoms with Crippen molar-refractivity contribution in [1.82, 2.24) is 9.97 Å². The van der Waals surface area contributed by atoms with E-state index in [1.165, 1.54) is 23.4 Å². The molecule has 258 valence electrons. The summed E-state index contributed by atoms with van der Waals surface area (Å²) in [5.74, 6) is -0.438. The summed E-state index contributed by atoms with van der Waals surface area (Å²) in [7, 11) is 1.62. The van der Waals surface area contributed by atoms with Crippen molar-refractivity contribution in [2.24, 2.45) is 0 Å². The Labute approximate surface area is 278 Å². The summed E-state index contributed by atoms with van der Waals surface area (Å²) in [5.41, 5.74) is -0.903. The minimum absolute atomic E-state index is 0.0594. The average molecular weight is 668 g/mol. The van der Waals surface area contributed by atoms with Gasteiger partial charge in [-0.05, 0) is 78.5 Å². The zero-order valence-corrected chi connectivity index (χ0v) is 28.7. The van der Waals surface area contributed by atoms with Crippen LogP contribution in [0, 0.1) is 12.7 Å². The standard InChI is InChI=1S/C34H42FN5O8/c1-18-22(16-37-28-27(18)40(10-11-45-28)31(43)48-33(5,6)7)21-12-19-13-24(38-29(41)46-20-14-34(8,15-20)44-9)36-17-23(19)26(25(21)35)39-30(42)47-32(2,3)4/h12-13,16-17,20H,10-11,14-15H2,1-9H3,(H,39,42)(H,36,38,41). The van der Waals surface area contributed by atoms with Gasteiger partial charge >= 0.3 is 18.3 Å². The summed E-state index contributed by atoms with van der Waals surface area (Å²) in [6.07, 6.45) is 1.44. The van der Waals surface area contributed by atoms with Gasteiger partial charge < -0.3 is 23.7 Å². The molecule has 3 heterocycles. The highest BCUT2D eigenvalue weighted by Crippen LogP contribution is 2.43. The van der Waals surface area contributed by atoms with E-state index < -0.39 is 35.3 Å². The van der Waals surface area contributed by atoms with Crippen LogP contribution in [0.1, 0.15) is 66.9 Å². The first-order valence-corrected chi connectivity index (χ1v) is 15.6. The van der Waals surface area contributed by atoms with Gasteiger partial charge in [-0.1, -0.05) is 0 Å². The summed E-state index contributed by atoms with van der Waals surface area (Å²) < 4.78 is 44.3. The number of pyridine rings is 2. The summed E-state index contributed by atoms with van der Waals surface area (Å²) in [5, 5.41) is 5.84. The molecule has 0 atom stereocenters. The topological polar surface area (TPSA) is 150 Å². The van der Waals surface area contributed by atoms with Crippen LogP contribution in [-0.2, 0) is 18.9 Å². The predicted octanol–water partition coefficient (Wildman–Crippen LogP) is 7.34. The zero-order chi connectivity index (χ0) is 35.2. The lowest BCUT2D eigenvalue weighted by molar-refractivity contribution is -0.124. The molecule has 0 spiro atoms. The van der Waals surface area contributed by atoms with Gasteiger partial charge in [0.05, 0.1) is 17.8 Å². The molecule has 2 aliphatic rings. The highest BCUT2D eigenvalue weighted by molar-refractivity contribution is 6.05. The number of nitrogens with one attached hydrogen (secondary N) is 2. The van der Waals surface area contributed by atoms with Gasteiger partial charge in [0.25, 0.3) is 0 Å². The van der Waals surface area contributed by atoms with Crippen molar-refractivity contribution >= 4 is 46.2 Å². The molecule has 0 saturated heterocycles. The molecule has 1 aliphatic carbocycles. The molecule has 1 aromatic carbocycles. The van der Waals surface area contributed by atoms with Crippen LogP contribution >= 0.6 is 0 Å². The van der Waals surface area contributed by atoms with Crippen molar-refractivity contribution in [3.63, 3.8) is 0 Å². The van der Waals surface area contributed by atoms with E-state index in [-0.39, 0.29) is 53.2 Å². The summed E-state index contributed by atoms with van der Waals surface area (Å²) in [4.78, 5) is 48.9. The molecule has 5 rings (SSSR count). The fraction of sp³-hybridized carbons (Fsp3) is 0.500. The molecule has 0 radical (unpaired) electrons. The molecule has 0 bridgehead atoms. The molecule has 48 heavy (non-hydrogen) atoms. The lowest BCUT2D eigenvalue weighted by Gasteiger charge is -2.42. The number of benzene rings is 1. The normalized spacial score (nSPS) is 19.0. The number of anilines is 3. The van der Waals surface area contributed by atoms with E-state index >= 15 is 4.39 Å². The molecule has 14 heteroatoms. The van der Waals surface area contributed by atoms with Crippen molar-refractivity contribution in [2.75, 3.05) is 35.8 Å². The van der Waals surface area contributed by atoms with Crippen LogP contribution in [0.5, 0.6) is 5.88 Å². The third kappa shape index (κ3) is 7.53. The van der Waals surface area contributed by atoms with E-state index in [0.717, 1.165) is 0 Å². The first-order valence-electron chi connectivity index (χ1n) is 15.6. The molecule has 3 aromatic rings. The number of rotatable bonds is 5.